The number of carbonyl (C=O) groups excluding carboxylic acids is 3. The van der Waals surface area contributed by atoms with Crippen molar-refractivity contribution >= 4 is 23.4 Å². The molecule has 3 amide bonds. The van der Waals surface area contributed by atoms with Crippen molar-refractivity contribution in [2.75, 3.05) is 25.5 Å². The molecular formula is C18H23N3O3. The third-order valence-corrected chi connectivity index (χ3v) is 4.12. The standard InChI is InChI=1S/C18H23N3O3/c1-3-16(22)20-15-6-4-13(5-7-15)10-17(23)19-12-14-8-9-21(2)18(24)11-14/h3-7,14H,1,8-12H2,2H3,(H,19,23)(H,20,22). The van der Waals surface area contributed by atoms with E-state index in [-0.39, 0.29) is 30.1 Å². The van der Waals surface area contributed by atoms with Crippen LogP contribution in [0.25, 0.3) is 0 Å². The maximum atomic E-state index is 12.0. The molecule has 1 aliphatic heterocycles. The number of likely N-dealkylation sites (tertiary alicyclic amines) is 1. The summed E-state index contributed by atoms with van der Waals surface area (Å²) >= 11 is 0. The molecule has 24 heavy (non-hydrogen) atoms. The molecule has 1 aromatic carbocycles. The van der Waals surface area contributed by atoms with Crippen LogP contribution < -0.4 is 10.6 Å². The molecule has 1 unspecified atom stereocenters. The average Bonchev–Trinajstić information content (AvgIpc) is 2.57. The zero-order chi connectivity index (χ0) is 17.5. The smallest absolute Gasteiger partial charge is 0.247 e. The van der Waals surface area contributed by atoms with Crippen LogP contribution in [0, 0.1) is 5.92 Å². The number of amides is 3. The summed E-state index contributed by atoms with van der Waals surface area (Å²) < 4.78 is 0. The molecule has 0 saturated carbocycles. The van der Waals surface area contributed by atoms with Crippen LogP contribution in [-0.2, 0) is 20.8 Å². The van der Waals surface area contributed by atoms with E-state index >= 15 is 0 Å². The number of benzene rings is 1. The molecular weight excluding hydrogens is 306 g/mol. The van der Waals surface area contributed by atoms with Crippen molar-refractivity contribution in [3.63, 3.8) is 0 Å². The molecule has 6 nitrogen and oxygen atoms in total. The second-order valence-electron chi connectivity index (χ2n) is 6.05. The van der Waals surface area contributed by atoms with E-state index < -0.39 is 0 Å². The Bertz CT molecular complexity index is 625. The largest absolute Gasteiger partial charge is 0.356 e. The summed E-state index contributed by atoms with van der Waals surface area (Å²) in [7, 11) is 1.80. The van der Waals surface area contributed by atoms with E-state index in [2.05, 4.69) is 17.2 Å². The second-order valence-corrected chi connectivity index (χ2v) is 6.05. The topological polar surface area (TPSA) is 78.5 Å². The van der Waals surface area contributed by atoms with E-state index in [0.717, 1.165) is 18.5 Å². The van der Waals surface area contributed by atoms with Gasteiger partial charge in [0, 0.05) is 32.2 Å². The summed E-state index contributed by atoms with van der Waals surface area (Å²) in [5.74, 6) is 0.0178. The Kier molecular flexibility index (Phi) is 6.12. The molecule has 1 saturated heterocycles. The molecule has 128 valence electrons. The third kappa shape index (κ3) is 5.22. The number of anilines is 1. The quantitative estimate of drug-likeness (QED) is 0.773. The molecule has 2 N–H and O–H groups in total. The molecule has 6 heteroatoms. The minimum atomic E-state index is -0.270. The van der Waals surface area contributed by atoms with E-state index in [1.54, 1.807) is 36.2 Å². The molecule has 0 aromatic heterocycles. The minimum Gasteiger partial charge on any atom is -0.356 e. The van der Waals surface area contributed by atoms with Crippen molar-refractivity contribution in [3.05, 3.63) is 42.5 Å². The highest BCUT2D eigenvalue weighted by atomic mass is 16.2. The maximum Gasteiger partial charge on any atom is 0.247 e. The Hall–Kier alpha value is -2.63. The lowest BCUT2D eigenvalue weighted by Gasteiger charge is -2.28. The Balaban J connectivity index is 1.77. The van der Waals surface area contributed by atoms with Crippen molar-refractivity contribution in [3.8, 4) is 0 Å². The highest BCUT2D eigenvalue weighted by Gasteiger charge is 2.23. The molecule has 1 atom stereocenters. The first kappa shape index (κ1) is 17.7. The molecule has 1 aromatic rings. The van der Waals surface area contributed by atoms with Crippen molar-refractivity contribution < 1.29 is 14.4 Å². The molecule has 0 spiro atoms. The molecule has 1 heterocycles. The van der Waals surface area contributed by atoms with Gasteiger partial charge in [0.1, 0.15) is 0 Å². The molecule has 1 aliphatic rings. The molecule has 1 fully saturated rings. The fourth-order valence-corrected chi connectivity index (χ4v) is 2.59. The van der Waals surface area contributed by atoms with Crippen molar-refractivity contribution in [2.24, 2.45) is 5.92 Å². The van der Waals surface area contributed by atoms with Crippen molar-refractivity contribution in [2.45, 2.75) is 19.3 Å². The van der Waals surface area contributed by atoms with Gasteiger partial charge < -0.3 is 15.5 Å². The maximum absolute atomic E-state index is 12.0. The van der Waals surface area contributed by atoms with Crippen LogP contribution in [0.15, 0.2) is 36.9 Å². The highest BCUT2D eigenvalue weighted by Crippen LogP contribution is 2.16. The second kappa shape index (κ2) is 8.29. The van der Waals surface area contributed by atoms with Crippen molar-refractivity contribution in [1.82, 2.24) is 10.2 Å². The molecule has 2 rings (SSSR count). The van der Waals surface area contributed by atoms with Crippen LogP contribution in [-0.4, -0.2) is 42.8 Å². The molecule has 0 radical (unpaired) electrons. The average molecular weight is 329 g/mol. The Labute approximate surface area is 141 Å². The van der Waals surface area contributed by atoms with Crippen LogP contribution in [0.1, 0.15) is 18.4 Å². The van der Waals surface area contributed by atoms with Gasteiger partial charge in [0.2, 0.25) is 17.7 Å². The first-order valence-corrected chi connectivity index (χ1v) is 8.01. The van der Waals surface area contributed by atoms with Crippen LogP contribution >= 0.6 is 0 Å². The van der Waals surface area contributed by atoms with Crippen LogP contribution in [0.5, 0.6) is 0 Å². The van der Waals surface area contributed by atoms with Crippen LogP contribution in [0.3, 0.4) is 0 Å². The van der Waals surface area contributed by atoms with Gasteiger partial charge in [0.25, 0.3) is 0 Å². The van der Waals surface area contributed by atoms with E-state index in [1.807, 2.05) is 0 Å². The predicted molar refractivity (Wildman–Crippen MR) is 92.3 cm³/mol. The summed E-state index contributed by atoms with van der Waals surface area (Å²) in [5, 5.41) is 5.55. The summed E-state index contributed by atoms with van der Waals surface area (Å²) in [5.41, 5.74) is 1.53. The van der Waals surface area contributed by atoms with Gasteiger partial charge in [-0.15, -0.1) is 0 Å². The summed E-state index contributed by atoms with van der Waals surface area (Å²) in [4.78, 5) is 36.6. The third-order valence-electron chi connectivity index (χ3n) is 4.12. The fourth-order valence-electron chi connectivity index (χ4n) is 2.59. The summed E-state index contributed by atoms with van der Waals surface area (Å²) in [6, 6.07) is 7.11. The number of hydrogen-bond acceptors (Lipinski definition) is 3. The Morgan fingerprint density at radius 1 is 1.33 bits per heavy atom. The number of hydrogen-bond donors (Lipinski definition) is 2. The van der Waals surface area contributed by atoms with Gasteiger partial charge in [-0.1, -0.05) is 18.7 Å². The monoisotopic (exact) mass is 329 g/mol. The highest BCUT2D eigenvalue weighted by molar-refractivity contribution is 5.98. The lowest BCUT2D eigenvalue weighted by Crippen LogP contribution is -2.40. The Morgan fingerprint density at radius 2 is 2.04 bits per heavy atom. The summed E-state index contributed by atoms with van der Waals surface area (Å²) in [6.45, 7) is 4.67. The fraction of sp³-hybridized carbons (Fsp3) is 0.389. The van der Waals surface area contributed by atoms with E-state index in [9.17, 15) is 14.4 Å². The van der Waals surface area contributed by atoms with Gasteiger partial charge in [-0.25, -0.2) is 0 Å². The number of rotatable bonds is 6. The zero-order valence-corrected chi connectivity index (χ0v) is 13.9. The van der Waals surface area contributed by atoms with Gasteiger partial charge in [-0.3, -0.25) is 14.4 Å². The lowest BCUT2D eigenvalue weighted by molar-refractivity contribution is -0.133. The van der Waals surface area contributed by atoms with Crippen molar-refractivity contribution in [1.29, 1.82) is 0 Å². The van der Waals surface area contributed by atoms with Crippen LogP contribution in [0.4, 0.5) is 5.69 Å². The van der Waals surface area contributed by atoms with Gasteiger partial charge >= 0.3 is 0 Å². The molecule has 0 aliphatic carbocycles. The van der Waals surface area contributed by atoms with Gasteiger partial charge in [0.05, 0.1) is 6.42 Å². The predicted octanol–water partition coefficient (Wildman–Crippen LogP) is 1.34. The van der Waals surface area contributed by atoms with Gasteiger partial charge in [-0.2, -0.15) is 0 Å². The number of nitrogens with zero attached hydrogens (tertiary/aromatic N) is 1. The molecule has 0 bridgehead atoms. The van der Waals surface area contributed by atoms with Gasteiger partial charge in [-0.05, 0) is 36.1 Å². The number of nitrogens with one attached hydrogen (secondary N) is 2. The normalized spacial score (nSPS) is 17.3. The van der Waals surface area contributed by atoms with E-state index in [4.69, 9.17) is 0 Å². The first-order chi connectivity index (χ1) is 11.5. The number of carbonyl (C=O) groups is 3. The number of piperidine rings is 1. The SMILES string of the molecule is C=CC(=O)Nc1ccc(CC(=O)NCC2CCN(C)C(=O)C2)cc1. The first-order valence-electron chi connectivity index (χ1n) is 8.01. The zero-order valence-electron chi connectivity index (χ0n) is 13.9. The lowest BCUT2D eigenvalue weighted by atomic mass is 9.96. The van der Waals surface area contributed by atoms with Gasteiger partial charge in [0.15, 0.2) is 0 Å². The summed E-state index contributed by atoms with van der Waals surface area (Å²) in [6.07, 6.45) is 2.89. The van der Waals surface area contributed by atoms with E-state index in [0.29, 0.717) is 18.7 Å². The minimum absolute atomic E-state index is 0.0655. The van der Waals surface area contributed by atoms with E-state index in [1.165, 1.54) is 6.08 Å². The van der Waals surface area contributed by atoms with Crippen LogP contribution in [0.2, 0.25) is 0 Å². The Morgan fingerprint density at radius 3 is 2.67 bits per heavy atom.